The third-order valence-electron chi connectivity index (χ3n) is 3.62. The summed E-state index contributed by atoms with van der Waals surface area (Å²) in [6.45, 7) is 2.26. The molecular weight excluding hydrogens is 324 g/mol. The highest BCUT2D eigenvalue weighted by molar-refractivity contribution is 6.33. The van der Waals surface area contributed by atoms with Crippen LogP contribution < -0.4 is 5.32 Å². The number of amides is 1. The van der Waals surface area contributed by atoms with E-state index in [0.717, 1.165) is 11.4 Å². The molecule has 0 aliphatic heterocycles. The van der Waals surface area contributed by atoms with Crippen molar-refractivity contribution in [3.8, 4) is 5.69 Å². The van der Waals surface area contributed by atoms with Crippen LogP contribution >= 0.6 is 11.6 Å². The second-order valence-corrected chi connectivity index (χ2v) is 5.68. The number of nitrogens with zero attached hydrogens (tertiary/aromatic N) is 3. The molecule has 122 valence electrons. The minimum atomic E-state index is -0.226. The molecule has 1 N–H and O–H groups in total. The van der Waals surface area contributed by atoms with Crippen molar-refractivity contribution in [2.75, 3.05) is 6.54 Å². The molecule has 0 spiro atoms. The number of nitrogens with one attached hydrogen (secondary N) is 1. The Morgan fingerprint density at radius 1 is 1.17 bits per heavy atom. The van der Waals surface area contributed by atoms with Crippen molar-refractivity contribution in [2.45, 2.75) is 13.3 Å². The van der Waals surface area contributed by atoms with Gasteiger partial charge in [-0.3, -0.25) is 9.78 Å². The molecule has 1 aromatic carbocycles. The van der Waals surface area contributed by atoms with Gasteiger partial charge >= 0.3 is 0 Å². The molecule has 24 heavy (non-hydrogen) atoms. The van der Waals surface area contributed by atoms with Crippen molar-refractivity contribution in [2.24, 2.45) is 0 Å². The van der Waals surface area contributed by atoms with Crippen LogP contribution in [0.25, 0.3) is 5.69 Å². The van der Waals surface area contributed by atoms with Crippen molar-refractivity contribution in [1.82, 2.24) is 20.1 Å². The Bertz CT molecular complexity index is 831. The smallest absolute Gasteiger partial charge is 0.256 e. The lowest BCUT2D eigenvalue weighted by Crippen LogP contribution is -2.26. The van der Waals surface area contributed by atoms with Gasteiger partial charge in [0, 0.05) is 24.9 Å². The summed E-state index contributed by atoms with van der Waals surface area (Å²) in [4.78, 5) is 16.7. The zero-order valence-corrected chi connectivity index (χ0v) is 14.0. The first kappa shape index (κ1) is 16.2. The van der Waals surface area contributed by atoms with Crippen molar-refractivity contribution < 1.29 is 4.79 Å². The van der Waals surface area contributed by atoms with Crippen LogP contribution in [0.2, 0.25) is 5.15 Å². The largest absolute Gasteiger partial charge is 0.351 e. The second-order valence-electron chi connectivity index (χ2n) is 5.33. The molecule has 2 heterocycles. The Morgan fingerprint density at radius 2 is 1.92 bits per heavy atom. The topological polar surface area (TPSA) is 59.8 Å². The second kappa shape index (κ2) is 7.27. The molecule has 0 saturated heterocycles. The third kappa shape index (κ3) is 3.46. The molecule has 3 rings (SSSR count). The van der Waals surface area contributed by atoms with Gasteiger partial charge < -0.3 is 5.32 Å². The normalized spacial score (nSPS) is 10.6. The van der Waals surface area contributed by atoms with E-state index in [-0.39, 0.29) is 5.91 Å². The van der Waals surface area contributed by atoms with Gasteiger partial charge in [-0.15, -0.1) is 0 Å². The van der Waals surface area contributed by atoms with Gasteiger partial charge in [0.15, 0.2) is 0 Å². The van der Waals surface area contributed by atoms with E-state index >= 15 is 0 Å². The summed E-state index contributed by atoms with van der Waals surface area (Å²) in [7, 11) is 0. The Labute approximate surface area is 145 Å². The number of aromatic nitrogens is 3. The van der Waals surface area contributed by atoms with Crippen LogP contribution in [0.3, 0.4) is 0 Å². The quantitative estimate of drug-likeness (QED) is 0.776. The van der Waals surface area contributed by atoms with Crippen LogP contribution in [-0.4, -0.2) is 27.2 Å². The van der Waals surface area contributed by atoms with Crippen LogP contribution in [0, 0.1) is 6.92 Å². The van der Waals surface area contributed by atoms with Crippen LogP contribution in [0.4, 0.5) is 0 Å². The maximum absolute atomic E-state index is 12.5. The number of para-hydroxylation sites is 1. The molecule has 0 saturated carbocycles. The van der Waals surface area contributed by atoms with Gasteiger partial charge in [0.25, 0.3) is 5.91 Å². The van der Waals surface area contributed by atoms with Gasteiger partial charge in [-0.25, -0.2) is 4.68 Å². The molecule has 0 aliphatic carbocycles. The molecule has 0 bridgehead atoms. The van der Waals surface area contributed by atoms with E-state index < -0.39 is 0 Å². The number of rotatable bonds is 5. The van der Waals surface area contributed by atoms with E-state index in [0.29, 0.717) is 29.4 Å². The van der Waals surface area contributed by atoms with Crippen molar-refractivity contribution in [3.05, 3.63) is 76.8 Å². The summed E-state index contributed by atoms with van der Waals surface area (Å²) in [6, 6.07) is 15.2. The van der Waals surface area contributed by atoms with Gasteiger partial charge in [0.1, 0.15) is 5.15 Å². The monoisotopic (exact) mass is 340 g/mol. The fraction of sp³-hybridized carbons (Fsp3) is 0.167. The summed E-state index contributed by atoms with van der Waals surface area (Å²) < 4.78 is 1.57. The predicted octanol–water partition coefficient (Wildman–Crippen LogP) is 3.20. The number of benzene rings is 1. The first-order valence-corrected chi connectivity index (χ1v) is 8.03. The molecular formula is C18H17ClN4O. The lowest BCUT2D eigenvalue weighted by Gasteiger charge is -2.05. The number of hydrogen-bond acceptors (Lipinski definition) is 3. The minimum Gasteiger partial charge on any atom is -0.351 e. The number of carbonyl (C=O) groups excluding carboxylic acids is 1. The molecule has 2 aromatic heterocycles. The van der Waals surface area contributed by atoms with E-state index in [4.69, 9.17) is 11.6 Å². The van der Waals surface area contributed by atoms with E-state index in [1.54, 1.807) is 17.8 Å². The van der Waals surface area contributed by atoms with E-state index in [9.17, 15) is 4.79 Å². The summed E-state index contributed by atoms with van der Waals surface area (Å²) in [5, 5.41) is 7.57. The zero-order valence-electron chi connectivity index (χ0n) is 13.2. The SMILES string of the molecule is Cc1nn(-c2ccccc2)c(Cl)c1C(=O)NCCc1ccccn1. The molecule has 0 atom stereocenters. The molecule has 0 fully saturated rings. The number of carbonyl (C=O) groups is 1. The van der Waals surface area contributed by atoms with Crippen molar-refractivity contribution >= 4 is 17.5 Å². The molecule has 0 radical (unpaired) electrons. The lowest BCUT2D eigenvalue weighted by atomic mass is 10.2. The molecule has 3 aromatic rings. The Balaban J connectivity index is 1.72. The molecule has 0 aliphatic rings. The molecule has 5 nitrogen and oxygen atoms in total. The van der Waals surface area contributed by atoms with Crippen LogP contribution in [0.15, 0.2) is 54.7 Å². The van der Waals surface area contributed by atoms with Crippen molar-refractivity contribution in [3.63, 3.8) is 0 Å². The molecule has 0 unspecified atom stereocenters. The Hall–Kier alpha value is -2.66. The Morgan fingerprint density at radius 3 is 2.62 bits per heavy atom. The summed E-state index contributed by atoms with van der Waals surface area (Å²) in [5.74, 6) is -0.226. The maximum atomic E-state index is 12.5. The Kier molecular flexibility index (Phi) is 4.91. The first-order valence-electron chi connectivity index (χ1n) is 7.65. The highest BCUT2D eigenvalue weighted by Crippen LogP contribution is 2.23. The fourth-order valence-electron chi connectivity index (χ4n) is 2.44. The maximum Gasteiger partial charge on any atom is 0.256 e. The zero-order chi connectivity index (χ0) is 16.9. The van der Waals surface area contributed by atoms with Gasteiger partial charge in [-0.2, -0.15) is 5.10 Å². The van der Waals surface area contributed by atoms with Gasteiger partial charge in [-0.05, 0) is 31.2 Å². The number of pyridine rings is 1. The summed E-state index contributed by atoms with van der Waals surface area (Å²) in [5.41, 5.74) is 2.75. The number of hydrogen-bond donors (Lipinski definition) is 1. The highest BCUT2D eigenvalue weighted by atomic mass is 35.5. The number of halogens is 1. The van der Waals surface area contributed by atoms with Crippen LogP contribution in [-0.2, 0) is 6.42 Å². The van der Waals surface area contributed by atoms with Crippen LogP contribution in [0.5, 0.6) is 0 Å². The van der Waals surface area contributed by atoms with E-state index in [1.807, 2.05) is 48.5 Å². The van der Waals surface area contributed by atoms with Crippen LogP contribution in [0.1, 0.15) is 21.7 Å². The summed E-state index contributed by atoms with van der Waals surface area (Å²) >= 11 is 6.38. The van der Waals surface area contributed by atoms with E-state index in [1.165, 1.54) is 0 Å². The van der Waals surface area contributed by atoms with Gasteiger partial charge in [-0.1, -0.05) is 35.9 Å². The molecule has 6 heteroatoms. The molecule has 1 amide bonds. The predicted molar refractivity (Wildman–Crippen MR) is 93.6 cm³/mol. The van der Waals surface area contributed by atoms with Crippen molar-refractivity contribution in [1.29, 1.82) is 0 Å². The fourth-order valence-corrected chi connectivity index (χ4v) is 2.79. The standard InChI is InChI=1S/C18H17ClN4O/c1-13-16(17(19)23(22-13)15-8-3-2-4-9-15)18(24)21-12-10-14-7-5-6-11-20-14/h2-9,11H,10,12H2,1H3,(H,21,24). The summed E-state index contributed by atoms with van der Waals surface area (Å²) in [6.07, 6.45) is 2.40. The number of aryl methyl sites for hydroxylation is 1. The highest BCUT2D eigenvalue weighted by Gasteiger charge is 2.20. The average Bonchev–Trinajstić information content (AvgIpc) is 2.91. The van der Waals surface area contributed by atoms with Gasteiger partial charge in [0.2, 0.25) is 0 Å². The third-order valence-corrected chi connectivity index (χ3v) is 3.97. The lowest BCUT2D eigenvalue weighted by molar-refractivity contribution is 0.0953. The van der Waals surface area contributed by atoms with E-state index in [2.05, 4.69) is 15.4 Å². The first-order chi connectivity index (χ1) is 11.7. The average molecular weight is 341 g/mol. The minimum absolute atomic E-state index is 0.226. The van der Waals surface area contributed by atoms with Gasteiger partial charge in [0.05, 0.1) is 16.9 Å².